The third-order valence-corrected chi connectivity index (χ3v) is 5.24. The normalized spacial score (nSPS) is 20.2. The van der Waals surface area contributed by atoms with Crippen LogP contribution >= 0.6 is 0 Å². The van der Waals surface area contributed by atoms with Crippen molar-refractivity contribution in [2.45, 2.75) is 51.9 Å². The lowest BCUT2D eigenvalue weighted by atomic mass is 9.67. The van der Waals surface area contributed by atoms with E-state index < -0.39 is 0 Å². The number of guanidine groups is 1. The van der Waals surface area contributed by atoms with Crippen molar-refractivity contribution in [2.75, 3.05) is 46.4 Å². The average Bonchev–Trinajstić information content (AvgIpc) is 2.95. The highest BCUT2D eigenvalue weighted by Gasteiger charge is 2.36. The quantitative estimate of drug-likeness (QED) is 0.362. The molecule has 138 valence electrons. The van der Waals surface area contributed by atoms with E-state index in [0.29, 0.717) is 11.3 Å². The monoisotopic (exact) mass is 338 g/mol. The molecule has 1 saturated heterocycles. The highest BCUT2D eigenvalue weighted by molar-refractivity contribution is 5.80. The number of methoxy groups -OCH3 is 1. The third-order valence-electron chi connectivity index (χ3n) is 5.24. The van der Waals surface area contributed by atoms with E-state index in [1.54, 1.807) is 7.11 Å². The number of aliphatic imine (C=N–C) groups is 1. The fourth-order valence-corrected chi connectivity index (χ4v) is 3.49. The smallest absolute Gasteiger partial charge is 0.222 e. The second-order valence-corrected chi connectivity index (χ2v) is 7.06. The van der Waals surface area contributed by atoms with E-state index in [4.69, 9.17) is 9.73 Å². The van der Waals surface area contributed by atoms with Crippen LogP contribution in [0.25, 0.3) is 0 Å². The van der Waals surface area contributed by atoms with Crippen molar-refractivity contribution < 1.29 is 9.53 Å². The van der Waals surface area contributed by atoms with Crippen molar-refractivity contribution in [3.63, 3.8) is 0 Å². The summed E-state index contributed by atoms with van der Waals surface area (Å²) in [6.45, 7) is 7.27. The van der Waals surface area contributed by atoms with E-state index in [1.807, 2.05) is 4.90 Å². The van der Waals surface area contributed by atoms with E-state index in [1.165, 1.54) is 19.3 Å². The number of carbonyl (C=O) groups excluding carboxylic acids is 1. The Morgan fingerprint density at radius 1 is 1.33 bits per heavy atom. The number of nitrogens with zero attached hydrogens (tertiary/aromatic N) is 2. The zero-order valence-electron chi connectivity index (χ0n) is 15.4. The summed E-state index contributed by atoms with van der Waals surface area (Å²) < 4.78 is 5.25. The standard InChI is InChI=1S/C18H34N4O2/c1-3-19-17(20-11-6-13-22-12-4-7-16(22)23)21-15-18(8-5-9-18)10-14-24-2/h3-15H2,1-2H3,(H2,19,20,21). The van der Waals surface area contributed by atoms with Gasteiger partial charge in [-0.25, -0.2) is 0 Å². The Hall–Kier alpha value is -1.30. The minimum Gasteiger partial charge on any atom is -0.385 e. The summed E-state index contributed by atoms with van der Waals surface area (Å²) in [5.41, 5.74) is 0.348. The van der Waals surface area contributed by atoms with Crippen LogP contribution in [0, 0.1) is 5.41 Å². The Morgan fingerprint density at radius 3 is 2.75 bits per heavy atom. The van der Waals surface area contributed by atoms with Crippen molar-refractivity contribution >= 4 is 11.9 Å². The maximum Gasteiger partial charge on any atom is 0.222 e. The van der Waals surface area contributed by atoms with Gasteiger partial charge in [0.25, 0.3) is 0 Å². The predicted molar refractivity (Wildman–Crippen MR) is 97.2 cm³/mol. The number of nitrogens with one attached hydrogen (secondary N) is 2. The number of hydrogen-bond acceptors (Lipinski definition) is 3. The van der Waals surface area contributed by atoms with E-state index in [-0.39, 0.29) is 0 Å². The molecule has 2 fully saturated rings. The van der Waals surface area contributed by atoms with E-state index in [9.17, 15) is 4.79 Å². The van der Waals surface area contributed by atoms with Gasteiger partial charge >= 0.3 is 0 Å². The van der Waals surface area contributed by atoms with Crippen LogP contribution in [-0.4, -0.2) is 63.2 Å². The first-order chi connectivity index (χ1) is 11.7. The molecule has 0 aromatic carbocycles. The Bertz CT molecular complexity index is 421. The first-order valence-corrected chi connectivity index (χ1v) is 9.48. The molecule has 6 heteroatoms. The second kappa shape index (κ2) is 9.87. The summed E-state index contributed by atoms with van der Waals surface area (Å²) in [4.78, 5) is 18.4. The van der Waals surface area contributed by atoms with Gasteiger partial charge in [0.15, 0.2) is 5.96 Å². The zero-order valence-corrected chi connectivity index (χ0v) is 15.4. The molecule has 2 N–H and O–H groups in total. The van der Waals surface area contributed by atoms with Gasteiger partial charge in [-0.3, -0.25) is 9.79 Å². The molecule has 1 aliphatic carbocycles. The average molecular weight is 338 g/mol. The lowest BCUT2D eigenvalue weighted by Crippen LogP contribution is -2.41. The molecule has 24 heavy (non-hydrogen) atoms. The van der Waals surface area contributed by atoms with Gasteiger partial charge < -0.3 is 20.3 Å². The molecule has 0 bridgehead atoms. The van der Waals surface area contributed by atoms with Gasteiger partial charge in [-0.1, -0.05) is 6.42 Å². The summed E-state index contributed by atoms with van der Waals surface area (Å²) in [5, 5.41) is 6.73. The largest absolute Gasteiger partial charge is 0.385 e. The Labute approximate surface area is 146 Å². The van der Waals surface area contributed by atoms with Crippen LogP contribution in [0.2, 0.25) is 0 Å². The molecular formula is C18H34N4O2. The van der Waals surface area contributed by atoms with Crippen molar-refractivity contribution in [1.82, 2.24) is 15.5 Å². The molecule has 6 nitrogen and oxygen atoms in total. The fourth-order valence-electron chi connectivity index (χ4n) is 3.49. The first kappa shape index (κ1) is 19.0. The molecular weight excluding hydrogens is 304 g/mol. The summed E-state index contributed by atoms with van der Waals surface area (Å²) in [7, 11) is 1.77. The SMILES string of the molecule is CCNC(=NCC1(CCOC)CCC1)NCCCN1CCCC1=O. The number of hydrogen-bond donors (Lipinski definition) is 2. The molecule has 1 heterocycles. The van der Waals surface area contributed by atoms with Crippen molar-refractivity contribution in [1.29, 1.82) is 0 Å². The molecule has 0 unspecified atom stereocenters. The molecule has 2 rings (SSSR count). The highest BCUT2D eigenvalue weighted by Crippen LogP contribution is 2.44. The maximum atomic E-state index is 11.6. The van der Waals surface area contributed by atoms with Gasteiger partial charge in [0, 0.05) is 52.9 Å². The molecule has 0 spiro atoms. The molecule has 0 atom stereocenters. The maximum absolute atomic E-state index is 11.6. The molecule has 1 aliphatic heterocycles. The van der Waals surface area contributed by atoms with Crippen LogP contribution in [0.4, 0.5) is 0 Å². The molecule has 2 aliphatic rings. The van der Waals surface area contributed by atoms with Gasteiger partial charge in [-0.15, -0.1) is 0 Å². The zero-order chi connectivity index (χ0) is 17.3. The van der Waals surface area contributed by atoms with Crippen molar-refractivity contribution in [3.05, 3.63) is 0 Å². The molecule has 1 amide bonds. The van der Waals surface area contributed by atoms with Crippen LogP contribution in [0.15, 0.2) is 4.99 Å². The van der Waals surface area contributed by atoms with E-state index in [2.05, 4.69) is 17.6 Å². The number of amides is 1. The van der Waals surface area contributed by atoms with E-state index >= 15 is 0 Å². The van der Waals surface area contributed by atoms with Gasteiger partial charge in [0.1, 0.15) is 0 Å². The highest BCUT2D eigenvalue weighted by atomic mass is 16.5. The van der Waals surface area contributed by atoms with Crippen LogP contribution in [0.3, 0.4) is 0 Å². The topological polar surface area (TPSA) is 66.0 Å². The minimum absolute atomic E-state index is 0.306. The van der Waals surface area contributed by atoms with Crippen molar-refractivity contribution in [2.24, 2.45) is 10.4 Å². The number of rotatable bonds is 10. The Kier molecular flexibility index (Phi) is 7.82. The molecule has 0 aromatic heterocycles. The lowest BCUT2D eigenvalue weighted by Gasteiger charge is -2.40. The van der Waals surface area contributed by atoms with Crippen LogP contribution < -0.4 is 10.6 Å². The van der Waals surface area contributed by atoms with E-state index in [0.717, 1.165) is 71.0 Å². The van der Waals surface area contributed by atoms with Crippen LogP contribution in [0.5, 0.6) is 0 Å². The van der Waals surface area contributed by atoms with Gasteiger partial charge in [-0.2, -0.15) is 0 Å². The molecule has 0 radical (unpaired) electrons. The minimum atomic E-state index is 0.306. The summed E-state index contributed by atoms with van der Waals surface area (Å²) in [6, 6.07) is 0. The van der Waals surface area contributed by atoms with Crippen LogP contribution in [0.1, 0.15) is 51.9 Å². The predicted octanol–water partition coefficient (Wildman–Crippen LogP) is 1.76. The second-order valence-electron chi connectivity index (χ2n) is 7.06. The van der Waals surface area contributed by atoms with Crippen LogP contribution in [-0.2, 0) is 9.53 Å². The lowest BCUT2D eigenvalue weighted by molar-refractivity contribution is -0.127. The summed E-state index contributed by atoms with van der Waals surface area (Å²) >= 11 is 0. The van der Waals surface area contributed by atoms with Gasteiger partial charge in [0.2, 0.25) is 5.91 Å². The summed E-state index contributed by atoms with van der Waals surface area (Å²) in [5.74, 6) is 1.20. The van der Waals surface area contributed by atoms with Crippen molar-refractivity contribution in [3.8, 4) is 0 Å². The Balaban J connectivity index is 1.72. The summed E-state index contributed by atoms with van der Waals surface area (Å²) in [6.07, 6.45) is 7.63. The van der Waals surface area contributed by atoms with Gasteiger partial charge in [-0.05, 0) is 44.4 Å². The molecule has 0 aromatic rings. The fraction of sp³-hybridized carbons (Fsp3) is 0.889. The number of carbonyl (C=O) groups is 1. The third kappa shape index (κ3) is 5.65. The number of likely N-dealkylation sites (tertiary alicyclic amines) is 1. The van der Waals surface area contributed by atoms with Gasteiger partial charge in [0.05, 0.1) is 0 Å². The number of ether oxygens (including phenoxy) is 1. The Morgan fingerprint density at radius 2 is 2.17 bits per heavy atom. The first-order valence-electron chi connectivity index (χ1n) is 9.48. The molecule has 1 saturated carbocycles.